The van der Waals surface area contributed by atoms with Crippen LogP contribution in [0.15, 0.2) is 42.7 Å². The molecule has 0 spiro atoms. The molecule has 4 nitrogen and oxygen atoms in total. The van der Waals surface area contributed by atoms with Crippen LogP contribution in [0.25, 0.3) is 11.4 Å². The highest BCUT2D eigenvalue weighted by Crippen LogP contribution is 2.20. The highest BCUT2D eigenvalue weighted by atomic mass is 15.1. The third-order valence-electron chi connectivity index (χ3n) is 4.05. The lowest BCUT2D eigenvalue weighted by atomic mass is 9.92. The van der Waals surface area contributed by atoms with Crippen molar-refractivity contribution >= 4 is 0 Å². The summed E-state index contributed by atoms with van der Waals surface area (Å²) in [5, 5.41) is 12.5. The van der Waals surface area contributed by atoms with Gasteiger partial charge >= 0.3 is 0 Å². The van der Waals surface area contributed by atoms with Crippen LogP contribution in [0.2, 0.25) is 0 Å². The van der Waals surface area contributed by atoms with E-state index in [4.69, 9.17) is 0 Å². The van der Waals surface area contributed by atoms with Gasteiger partial charge in [-0.15, -0.1) is 0 Å². The summed E-state index contributed by atoms with van der Waals surface area (Å²) in [6.07, 6.45) is 6.43. The van der Waals surface area contributed by atoms with Gasteiger partial charge in [0.05, 0.1) is 6.07 Å². The molecule has 0 aliphatic rings. The van der Waals surface area contributed by atoms with E-state index >= 15 is 0 Å². The van der Waals surface area contributed by atoms with Gasteiger partial charge in [-0.25, -0.2) is 4.98 Å². The monoisotopic (exact) mass is 282 g/mol. The van der Waals surface area contributed by atoms with Gasteiger partial charge in [-0.05, 0) is 26.3 Å². The Hall–Kier alpha value is -2.12. The van der Waals surface area contributed by atoms with Crippen LogP contribution < -0.4 is 5.32 Å². The first-order chi connectivity index (χ1) is 10.2. The summed E-state index contributed by atoms with van der Waals surface area (Å²) in [6.45, 7) is 2.92. The number of hydrogen-bond donors (Lipinski definition) is 1. The second-order valence-corrected chi connectivity index (χ2v) is 5.21. The maximum absolute atomic E-state index is 9.33. The topological polar surface area (TPSA) is 53.6 Å². The molecule has 1 aromatic carbocycles. The molecule has 0 radical (unpaired) electrons. The van der Waals surface area contributed by atoms with E-state index in [0.29, 0.717) is 0 Å². The Morgan fingerprint density at radius 3 is 2.71 bits per heavy atom. The van der Waals surface area contributed by atoms with Gasteiger partial charge in [0.1, 0.15) is 11.4 Å². The Bertz CT molecular complexity index is 591. The van der Waals surface area contributed by atoms with Crippen LogP contribution in [0.3, 0.4) is 0 Å². The van der Waals surface area contributed by atoms with E-state index in [-0.39, 0.29) is 0 Å². The zero-order valence-electron chi connectivity index (χ0n) is 12.7. The number of aromatic nitrogens is 2. The Morgan fingerprint density at radius 2 is 2.10 bits per heavy atom. The van der Waals surface area contributed by atoms with Gasteiger partial charge in [-0.2, -0.15) is 5.26 Å². The summed E-state index contributed by atoms with van der Waals surface area (Å²) < 4.78 is 2.16. The Balaban J connectivity index is 2.03. The molecule has 2 rings (SSSR count). The third-order valence-corrected chi connectivity index (χ3v) is 4.05. The Kier molecular flexibility index (Phi) is 5.13. The molecule has 21 heavy (non-hydrogen) atoms. The van der Waals surface area contributed by atoms with E-state index in [1.165, 1.54) is 0 Å². The second kappa shape index (κ2) is 7.05. The lowest BCUT2D eigenvalue weighted by Gasteiger charge is -2.24. The average molecular weight is 282 g/mol. The predicted molar refractivity (Wildman–Crippen MR) is 84.6 cm³/mol. The van der Waals surface area contributed by atoms with Gasteiger partial charge < -0.3 is 9.88 Å². The van der Waals surface area contributed by atoms with Crippen LogP contribution in [0, 0.1) is 11.3 Å². The van der Waals surface area contributed by atoms with Crippen molar-refractivity contribution in [2.45, 2.75) is 38.3 Å². The van der Waals surface area contributed by atoms with Gasteiger partial charge in [-0.3, -0.25) is 0 Å². The van der Waals surface area contributed by atoms with Gasteiger partial charge in [0, 0.05) is 24.5 Å². The molecule has 0 saturated heterocycles. The lowest BCUT2D eigenvalue weighted by Crippen LogP contribution is -2.40. The van der Waals surface area contributed by atoms with E-state index in [2.05, 4.69) is 33.1 Å². The fourth-order valence-corrected chi connectivity index (χ4v) is 2.56. The minimum absolute atomic E-state index is 0.409. The van der Waals surface area contributed by atoms with Crippen LogP contribution in [0.4, 0.5) is 0 Å². The maximum atomic E-state index is 9.33. The average Bonchev–Trinajstić information content (AvgIpc) is 3.01. The molecule has 0 aliphatic carbocycles. The molecule has 0 saturated carbocycles. The number of benzene rings is 1. The second-order valence-electron chi connectivity index (χ2n) is 5.21. The van der Waals surface area contributed by atoms with Crippen LogP contribution in [0.1, 0.15) is 26.2 Å². The van der Waals surface area contributed by atoms with Gasteiger partial charge in [0.25, 0.3) is 0 Å². The Labute approximate surface area is 126 Å². The van der Waals surface area contributed by atoms with Crippen molar-refractivity contribution in [1.82, 2.24) is 14.9 Å². The number of nitrogens with zero attached hydrogens (tertiary/aromatic N) is 3. The van der Waals surface area contributed by atoms with Crippen LogP contribution in [0.5, 0.6) is 0 Å². The first-order valence-corrected chi connectivity index (χ1v) is 7.41. The van der Waals surface area contributed by atoms with Gasteiger partial charge in [0.2, 0.25) is 0 Å². The van der Waals surface area contributed by atoms with Crippen molar-refractivity contribution in [3.8, 4) is 17.5 Å². The smallest absolute Gasteiger partial charge is 0.139 e. The molecule has 1 unspecified atom stereocenters. The number of rotatable bonds is 7. The lowest BCUT2D eigenvalue weighted by molar-refractivity contribution is 0.381. The van der Waals surface area contributed by atoms with Crippen molar-refractivity contribution in [2.75, 3.05) is 7.05 Å². The van der Waals surface area contributed by atoms with Gasteiger partial charge in [0.15, 0.2) is 0 Å². The quantitative estimate of drug-likeness (QED) is 0.848. The normalized spacial score (nSPS) is 13.6. The first-order valence-electron chi connectivity index (χ1n) is 7.41. The van der Waals surface area contributed by atoms with E-state index in [1.54, 1.807) is 0 Å². The first kappa shape index (κ1) is 15.3. The molecule has 1 atom stereocenters. The third kappa shape index (κ3) is 3.50. The molecular formula is C17H22N4. The molecule has 0 bridgehead atoms. The summed E-state index contributed by atoms with van der Waals surface area (Å²) in [4.78, 5) is 4.44. The van der Waals surface area contributed by atoms with E-state index in [1.807, 2.05) is 44.6 Å². The van der Waals surface area contributed by atoms with E-state index in [9.17, 15) is 5.26 Å². The standard InChI is InChI=1S/C17H22N4/c1-3-17(14-18,19-2)10-7-12-21-13-11-20-16(21)15-8-5-4-6-9-15/h4-6,8-9,11,13,19H,3,7,10,12H2,1-2H3. The van der Waals surface area contributed by atoms with Crippen LogP contribution >= 0.6 is 0 Å². The molecule has 1 heterocycles. The number of imidazole rings is 1. The number of aryl methyl sites for hydroxylation is 1. The van der Waals surface area contributed by atoms with Crippen LogP contribution in [-0.2, 0) is 6.54 Å². The Morgan fingerprint density at radius 1 is 1.33 bits per heavy atom. The van der Waals surface area contributed by atoms with Gasteiger partial charge in [-0.1, -0.05) is 37.3 Å². The zero-order chi connectivity index (χ0) is 15.1. The van der Waals surface area contributed by atoms with Crippen molar-refractivity contribution in [1.29, 1.82) is 5.26 Å². The predicted octanol–water partition coefficient (Wildman–Crippen LogP) is 3.22. The fraction of sp³-hybridized carbons (Fsp3) is 0.412. The molecule has 1 N–H and O–H groups in total. The summed E-state index contributed by atoms with van der Waals surface area (Å²) in [5.74, 6) is 0.985. The minimum Gasteiger partial charge on any atom is -0.331 e. The highest BCUT2D eigenvalue weighted by molar-refractivity contribution is 5.55. The molecule has 0 fully saturated rings. The maximum Gasteiger partial charge on any atom is 0.139 e. The minimum atomic E-state index is -0.409. The van der Waals surface area contributed by atoms with Crippen LogP contribution in [-0.4, -0.2) is 22.1 Å². The largest absolute Gasteiger partial charge is 0.331 e. The van der Waals surface area contributed by atoms with Crippen molar-refractivity contribution < 1.29 is 0 Å². The summed E-state index contributed by atoms with van der Waals surface area (Å²) >= 11 is 0. The SMILES string of the molecule is CCC(C#N)(CCCn1ccnc1-c1ccccc1)NC. The summed E-state index contributed by atoms with van der Waals surface area (Å²) in [6, 6.07) is 12.6. The number of nitriles is 1. The van der Waals surface area contributed by atoms with E-state index < -0.39 is 5.54 Å². The number of hydrogen-bond acceptors (Lipinski definition) is 3. The molecule has 2 aromatic rings. The zero-order valence-corrected chi connectivity index (χ0v) is 12.7. The summed E-state index contributed by atoms with van der Waals surface area (Å²) in [7, 11) is 1.86. The molecule has 110 valence electrons. The highest BCUT2D eigenvalue weighted by Gasteiger charge is 2.24. The fourth-order valence-electron chi connectivity index (χ4n) is 2.56. The van der Waals surface area contributed by atoms with Crippen molar-refractivity contribution in [3.63, 3.8) is 0 Å². The molecule has 1 aromatic heterocycles. The number of nitrogens with one attached hydrogen (secondary N) is 1. The van der Waals surface area contributed by atoms with Crippen molar-refractivity contribution in [3.05, 3.63) is 42.7 Å². The van der Waals surface area contributed by atoms with Crippen molar-refractivity contribution in [2.24, 2.45) is 0 Å². The molecule has 0 amide bonds. The molecular weight excluding hydrogens is 260 g/mol. The van der Waals surface area contributed by atoms with E-state index in [0.717, 1.165) is 37.2 Å². The molecule has 0 aliphatic heterocycles. The summed E-state index contributed by atoms with van der Waals surface area (Å²) in [5.41, 5.74) is 0.714. The molecule has 4 heteroatoms.